The quantitative estimate of drug-likeness (QED) is 0.733. The SMILES string of the molecule is Cc1cccnc1CN1CCCC(=O)C1. The van der Waals surface area contributed by atoms with E-state index >= 15 is 0 Å². The normalized spacial score (nSPS) is 18.1. The van der Waals surface area contributed by atoms with Gasteiger partial charge in [-0.3, -0.25) is 14.7 Å². The number of nitrogens with zero attached hydrogens (tertiary/aromatic N) is 2. The van der Waals surface area contributed by atoms with Gasteiger partial charge >= 0.3 is 0 Å². The van der Waals surface area contributed by atoms with Crippen LogP contribution in [0.4, 0.5) is 0 Å². The molecule has 0 radical (unpaired) electrons. The Balaban J connectivity index is 2.02. The Hall–Kier alpha value is -1.22. The Morgan fingerprint density at radius 1 is 1.53 bits per heavy atom. The van der Waals surface area contributed by atoms with E-state index in [-0.39, 0.29) is 0 Å². The van der Waals surface area contributed by atoms with E-state index in [1.807, 2.05) is 12.3 Å². The molecule has 80 valence electrons. The predicted octanol–water partition coefficient (Wildman–Crippen LogP) is 1.55. The van der Waals surface area contributed by atoms with Gasteiger partial charge in [0, 0.05) is 19.2 Å². The molecular weight excluding hydrogens is 188 g/mol. The Morgan fingerprint density at radius 2 is 2.40 bits per heavy atom. The number of ketones is 1. The standard InChI is InChI=1S/C12H16N2O/c1-10-4-2-6-13-12(10)9-14-7-3-5-11(15)8-14/h2,4,6H,3,5,7-9H2,1H3. The lowest BCUT2D eigenvalue weighted by Crippen LogP contribution is -2.35. The van der Waals surface area contributed by atoms with Crippen molar-refractivity contribution in [3.05, 3.63) is 29.6 Å². The molecule has 2 heterocycles. The molecule has 0 saturated carbocycles. The van der Waals surface area contributed by atoms with E-state index in [1.54, 1.807) is 0 Å². The van der Waals surface area contributed by atoms with Crippen molar-refractivity contribution in [2.24, 2.45) is 0 Å². The number of Topliss-reactive ketones (excluding diaryl/α,β-unsaturated/α-hetero) is 1. The highest BCUT2D eigenvalue weighted by molar-refractivity contribution is 5.81. The maximum Gasteiger partial charge on any atom is 0.146 e. The van der Waals surface area contributed by atoms with Gasteiger partial charge in [-0.15, -0.1) is 0 Å². The number of pyridine rings is 1. The lowest BCUT2D eigenvalue weighted by molar-refractivity contribution is -0.122. The largest absolute Gasteiger partial charge is 0.298 e. The van der Waals surface area contributed by atoms with Crippen molar-refractivity contribution >= 4 is 5.78 Å². The monoisotopic (exact) mass is 204 g/mol. The lowest BCUT2D eigenvalue weighted by atomic mass is 10.1. The fourth-order valence-electron chi connectivity index (χ4n) is 1.94. The van der Waals surface area contributed by atoms with Crippen molar-refractivity contribution in [1.29, 1.82) is 0 Å². The molecule has 0 aliphatic carbocycles. The minimum absolute atomic E-state index is 0.356. The minimum atomic E-state index is 0.356. The summed E-state index contributed by atoms with van der Waals surface area (Å²) in [6.45, 7) is 4.48. The third-order valence-corrected chi connectivity index (χ3v) is 2.82. The molecule has 3 heteroatoms. The zero-order chi connectivity index (χ0) is 10.7. The summed E-state index contributed by atoms with van der Waals surface area (Å²) in [6, 6.07) is 4.01. The summed E-state index contributed by atoms with van der Waals surface area (Å²) in [7, 11) is 0. The molecule has 15 heavy (non-hydrogen) atoms. The van der Waals surface area contributed by atoms with E-state index in [2.05, 4.69) is 22.9 Å². The van der Waals surface area contributed by atoms with Crippen molar-refractivity contribution in [2.75, 3.05) is 13.1 Å². The molecule has 1 saturated heterocycles. The fourth-order valence-corrected chi connectivity index (χ4v) is 1.94. The molecule has 0 unspecified atom stereocenters. The van der Waals surface area contributed by atoms with Gasteiger partial charge in [0.15, 0.2) is 0 Å². The molecular formula is C12H16N2O. The molecule has 0 amide bonds. The van der Waals surface area contributed by atoms with Crippen molar-refractivity contribution in [1.82, 2.24) is 9.88 Å². The number of carbonyl (C=O) groups is 1. The summed E-state index contributed by atoms with van der Waals surface area (Å²) in [5.74, 6) is 0.356. The third-order valence-electron chi connectivity index (χ3n) is 2.82. The van der Waals surface area contributed by atoms with Crippen molar-refractivity contribution in [2.45, 2.75) is 26.3 Å². The van der Waals surface area contributed by atoms with Crippen molar-refractivity contribution < 1.29 is 4.79 Å². The molecule has 0 atom stereocenters. The van der Waals surface area contributed by atoms with Crippen LogP contribution in [0.5, 0.6) is 0 Å². The summed E-state index contributed by atoms with van der Waals surface area (Å²) in [5.41, 5.74) is 2.29. The second-order valence-electron chi connectivity index (χ2n) is 4.12. The first-order valence-electron chi connectivity index (χ1n) is 5.40. The van der Waals surface area contributed by atoms with Crippen LogP contribution in [0.2, 0.25) is 0 Å². The first kappa shape index (κ1) is 10.3. The Labute approximate surface area is 90.1 Å². The highest BCUT2D eigenvalue weighted by atomic mass is 16.1. The molecule has 1 aromatic heterocycles. The Bertz CT molecular complexity index is 362. The number of hydrogen-bond donors (Lipinski definition) is 0. The van der Waals surface area contributed by atoms with Crippen LogP contribution in [0.25, 0.3) is 0 Å². The van der Waals surface area contributed by atoms with Crippen LogP contribution in [0.3, 0.4) is 0 Å². The summed E-state index contributed by atoms with van der Waals surface area (Å²) in [5, 5.41) is 0. The third kappa shape index (κ3) is 2.63. The van der Waals surface area contributed by atoms with Gasteiger partial charge in [-0.2, -0.15) is 0 Å². The summed E-state index contributed by atoms with van der Waals surface area (Å²) < 4.78 is 0. The fraction of sp³-hybridized carbons (Fsp3) is 0.500. The van der Waals surface area contributed by atoms with E-state index in [1.165, 1.54) is 5.56 Å². The topological polar surface area (TPSA) is 33.2 Å². The number of hydrogen-bond acceptors (Lipinski definition) is 3. The van der Waals surface area contributed by atoms with Crippen LogP contribution in [-0.4, -0.2) is 28.8 Å². The zero-order valence-corrected chi connectivity index (χ0v) is 9.07. The molecule has 0 N–H and O–H groups in total. The number of likely N-dealkylation sites (tertiary alicyclic amines) is 1. The molecule has 1 aliphatic rings. The van der Waals surface area contributed by atoms with E-state index in [0.29, 0.717) is 12.3 Å². The van der Waals surface area contributed by atoms with Crippen LogP contribution >= 0.6 is 0 Å². The molecule has 0 aromatic carbocycles. The maximum absolute atomic E-state index is 11.3. The number of carbonyl (C=O) groups excluding carboxylic acids is 1. The van der Waals surface area contributed by atoms with Crippen LogP contribution in [0.1, 0.15) is 24.1 Å². The van der Waals surface area contributed by atoms with Gasteiger partial charge < -0.3 is 0 Å². The van der Waals surface area contributed by atoms with Gasteiger partial charge in [-0.25, -0.2) is 0 Å². The van der Waals surface area contributed by atoms with Crippen molar-refractivity contribution in [3.63, 3.8) is 0 Å². The average molecular weight is 204 g/mol. The van der Waals surface area contributed by atoms with Gasteiger partial charge in [0.2, 0.25) is 0 Å². The number of rotatable bonds is 2. The molecule has 1 fully saturated rings. The molecule has 3 nitrogen and oxygen atoms in total. The molecule has 2 rings (SSSR count). The first-order chi connectivity index (χ1) is 7.25. The summed E-state index contributed by atoms with van der Waals surface area (Å²) >= 11 is 0. The van der Waals surface area contributed by atoms with Crippen LogP contribution in [0.15, 0.2) is 18.3 Å². The highest BCUT2D eigenvalue weighted by Gasteiger charge is 2.17. The smallest absolute Gasteiger partial charge is 0.146 e. The number of aromatic nitrogens is 1. The van der Waals surface area contributed by atoms with E-state index in [4.69, 9.17) is 0 Å². The highest BCUT2D eigenvalue weighted by Crippen LogP contribution is 2.11. The second-order valence-corrected chi connectivity index (χ2v) is 4.12. The van der Waals surface area contributed by atoms with Crippen LogP contribution < -0.4 is 0 Å². The number of aryl methyl sites for hydroxylation is 1. The van der Waals surface area contributed by atoms with Crippen molar-refractivity contribution in [3.8, 4) is 0 Å². The lowest BCUT2D eigenvalue weighted by Gasteiger charge is -2.25. The molecule has 1 aromatic rings. The van der Waals surface area contributed by atoms with Gasteiger partial charge in [-0.1, -0.05) is 6.07 Å². The average Bonchev–Trinajstić information content (AvgIpc) is 2.22. The Kier molecular flexibility index (Phi) is 3.11. The Morgan fingerprint density at radius 3 is 3.13 bits per heavy atom. The van der Waals surface area contributed by atoms with Crippen LogP contribution in [0, 0.1) is 6.92 Å². The summed E-state index contributed by atoms with van der Waals surface area (Å²) in [6.07, 6.45) is 3.55. The van der Waals surface area contributed by atoms with Gasteiger partial charge in [-0.05, 0) is 31.5 Å². The molecule has 0 spiro atoms. The maximum atomic E-state index is 11.3. The van der Waals surface area contributed by atoms with Gasteiger partial charge in [0.1, 0.15) is 5.78 Å². The summed E-state index contributed by atoms with van der Waals surface area (Å²) in [4.78, 5) is 17.8. The van der Waals surface area contributed by atoms with Crippen LogP contribution in [-0.2, 0) is 11.3 Å². The minimum Gasteiger partial charge on any atom is -0.298 e. The van der Waals surface area contributed by atoms with E-state index in [0.717, 1.165) is 31.6 Å². The predicted molar refractivity (Wildman–Crippen MR) is 58.5 cm³/mol. The zero-order valence-electron chi connectivity index (χ0n) is 9.07. The molecule has 1 aliphatic heterocycles. The van der Waals surface area contributed by atoms with Gasteiger partial charge in [0.25, 0.3) is 0 Å². The molecule has 0 bridgehead atoms. The van der Waals surface area contributed by atoms with Gasteiger partial charge in [0.05, 0.1) is 12.2 Å². The van der Waals surface area contributed by atoms with E-state index in [9.17, 15) is 4.79 Å². The number of piperidine rings is 1. The second kappa shape index (κ2) is 4.53. The first-order valence-corrected chi connectivity index (χ1v) is 5.40. The van der Waals surface area contributed by atoms with E-state index < -0.39 is 0 Å².